The summed E-state index contributed by atoms with van der Waals surface area (Å²) in [6, 6.07) is 6.12. The van der Waals surface area contributed by atoms with Crippen LogP contribution < -0.4 is 0 Å². The van der Waals surface area contributed by atoms with Gasteiger partial charge in [0.2, 0.25) is 5.92 Å². The molecule has 1 aliphatic carbocycles. The van der Waals surface area contributed by atoms with Crippen LogP contribution in [-0.4, -0.2) is 54.8 Å². The van der Waals surface area contributed by atoms with Crippen molar-refractivity contribution in [2.24, 2.45) is 5.92 Å². The lowest BCUT2D eigenvalue weighted by molar-refractivity contribution is -0.896. The van der Waals surface area contributed by atoms with E-state index in [0.717, 1.165) is 17.6 Å². The molecule has 1 aromatic rings. The van der Waals surface area contributed by atoms with Crippen molar-refractivity contribution in [2.75, 3.05) is 27.2 Å². The number of carbonyl (C=O) groups excluding carboxylic acids is 1. The molecule has 0 amide bonds. The van der Waals surface area contributed by atoms with Crippen LogP contribution in [0, 0.1) is 5.92 Å². The van der Waals surface area contributed by atoms with Crippen molar-refractivity contribution in [2.45, 2.75) is 49.7 Å². The Morgan fingerprint density at radius 3 is 2.33 bits per heavy atom. The van der Waals surface area contributed by atoms with Crippen LogP contribution in [0.5, 0.6) is 0 Å². The summed E-state index contributed by atoms with van der Waals surface area (Å²) in [5.41, 5.74) is -1.83. The molecule has 1 heterocycles. The lowest BCUT2D eigenvalue weighted by Gasteiger charge is -2.38. The molecule has 150 valence electrons. The number of benzene rings is 1. The Morgan fingerprint density at radius 1 is 1.22 bits per heavy atom. The summed E-state index contributed by atoms with van der Waals surface area (Å²) in [5.74, 6) is -4.60. The van der Waals surface area contributed by atoms with E-state index in [-0.39, 0.29) is 24.5 Å². The normalized spacial score (nSPS) is 27.1. The molecule has 1 saturated heterocycles. The molecule has 7 heteroatoms. The number of carbonyl (C=O) groups is 1. The molecule has 2 unspecified atom stereocenters. The Morgan fingerprint density at radius 2 is 1.81 bits per heavy atom. The van der Waals surface area contributed by atoms with Crippen LogP contribution in [0.3, 0.4) is 0 Å². The minimum absolute atomic E-state index is 0.0653. The molecular formula is C20H27ClF2NO3+. The molecule has 0 aromatic heterocycles. The fourth-order valence-corrected chi connectivity index (χ4v) is 4.26. The molecule has 2 fully saturated rings. The molecule has 4 nitrogen and oxygen atoms in total. The zero-order valence-corrected chi connectivity index (χ0v) is 16.5. The first-order valence-electron chi connectivity index (χ1n) is 9.41. The third kappa shape index (κ3) is 4.44. The lowest BCUT2D eigenvalue weighted by Crippen LogP contribution is -2.50. The molecule has 27 heavy (non-hydrogen) atoms. The number of piperidine rings is 1. The quantitative estimate of drug-likeness (QED) is 0.616. The van der Waals surface area contributed by atoms with Crippen molar-refractivity contribution in [1.29, 1.82) is 0 Å². The lowest BCUT2D eigenvalue weighted by atomic mass is 9.80. The van der Waals surface area contributed by atoms with E-state index in [1.807, 2.05) is 0 Å². The van der Waals surface area contributed by atoms with Crippen molar-refractivity contribution >= 4 is 17.6 Å². The second-order valence-electron chi connectivity index (χ2n) is 8.56. The molecule has 1 aliphatic heterocycles. The maximum Gasteiger partial charge on any atom is 0.343 e. The second kappa shape index (κ2) is 7.30. The number of ether oxygens (including phenoxy) is 1. The van der Waals surface area contributed by atoms with Gasteiger partial charge in [-0.25, -0.2) is 13.6 Å². The molecule has 3 rings (SSSR count). The number of esters is 1. The molecule has 0 radical (unpaired) electrons. The number of nitrogens with zero attached hydrogens (tertiary/aromatic N) is 1. The Kier molecular flexibility index (Phi) is 5.54. The summed E-state index contributed by atoms with van der Waals surface area (Å²) >= 11 is 5.91. The third-order valence-corrected chi connectivity index (χ3v) is 6.23. The van der Waals surface area contributed by atoms with Crippen LogP contribution >= 0.6 is 11.6 Å². The first-order valence-corrected chi connectivity index (χ1v) is 9.79. The summed E-state index contributed by atoms with van der Waals surface area (Å²) in [4.78, 5) is 13.0. The smallest absolute Gasteiger partial charge is 0.343 e. The van der Waals surface area contributed by atoms with Crippen LogP contribution in [0.1, 0.15) is 37.7 Å². The van der Waals surface area contributed by atoms with Gasteiger partial charge >= 0.3 is 5.97 Å². The van der Waals surface area contributed by atoms with Crippen molar-refractivity contribution < 1.29 is 27.9 Å². The number of alkyl halides is 2. The number of aliphatic hydroxyl groups is 1. The fourth-order valence-electron chi connectivity index (χ4n) is 4.13. The predicted octanol–water partition coefficient (Wildman–Crippen LogP) is 3.75. The molecule has 1 saturated carbocycles. The van der Waals surface area contributed by atoms with Crippen LogP contribution in [0.25, 0.3) is 0 Å². The van der Waals surface area contributed by atoms with Crippen LogP contribution in [0.15, 0.2) is 24.3 Å². The van der Waals surface area contributed by atoms with Crippen molar-refractivity contribution in [3.8, 4) is 0 Å². The van der Waals surface area contributed by atoms with Crippen molar-refractivity contribution in [3.63, 3.8) is 0 Å². The van der Waals surface area contributed by atoms with Gasteiger partial charge in [0, 0.05) is 36.6 Å². The molecule has 0 bridgehead atoms. The SMILES string of the molecule is C[N+]1(C)CCC(OC(=O)C(O)(c2ccc(Cl)cc2)C2CCC(F)(F)C2)CC1. The molecule has 1 aromatic carbocycles. The minimum atomic E-state index is -2.88. The average Bonchev–Trinajstić information content (AvgIpc) is 2.97. The highest BCUT2D eigenvalue weighted by molar-refractivity contribution is 6.30. The highest BCUT2D eigenvalue weighted by atomic mass is 35.5. The van der Waals surface area contributed by atoms with Gasteiger partial charge in [-0.1, -0.05) is 23.7 Å². The second-order valence-corrected chi connectivity index (χ2v) is 8.99. The summed E-state index contributed by atoms with van der Waals surface area (Å²) in [6.07, 6.45) is 0.276. The predicted molar refractivity (Wildman–Crippen MR) is 98.6 cm³/mol. The summed E-state index contributed by atoms with van der Waals surface area (Å²) < 4.78 is 34.1. The number of quaternary nitrogens is 1. The zero-order valence-electron chi connectivity index (χ0n) is 15.8. The van der Waals surface area contributed by atoms with Gasteiger partial charge in [-0.2, -0.15) is 0 Å². The topological polar surface area (TPSA) is 46.5 Å². The number of hydrogen-bond acceptors (Lipinski definition) is 3. The van der Waals surface area contributed by atoms with Gasteiger partial charge < -0.3 is 14.3 Å². The summed E-state index contributed by atoms with van der Waals surface area (Å²) in [7, 11) is 4.23. The molecule has 2 atom stereocenters. The highest BCUT2D eigenvalue weighted by Gasteiger charge is 2.55. The standard InChI is InChI=1S/C20H27ClF2NO3/c1-24(2)11-8-17(9-12-24)27-18(25)20(26,14-3-5-16(21)6-4-14)15-7-10-19(22,23)13-15/h3-6,15,17,26H,7-13H2,1-2H3/q+1. The maximum absolute atomic E-state index is 13.8. The largest absolute Gasteiger partial charge is 0.460 e. The van der Waals surface area contributed by atoms with E-state index < -0.39 is 29.8 Å². The average molecular weight is 403 g/mol. The van der Waals surface area contributed by atoms with Gasteiger partial charge in [0.25, 0.3) is 0 Å². The molecular weight excluding hydrogens is 376 g/mol. The number of halogens is 3. The van der Waals surface area contributed by atoms with Crippen LogP contribution in [-0.2, 0) is 15.1 Å². The minimum Gasteiger partial charge on any atom is -0.460 e. The van der Waals surface area contributed by atoms with Gasteiger partial charge in [0.05, 0.1) is 27.2 Å². The van der Waals surface area contributed by atoms with Gasteiger partial charge in [0.15, 0.2) is 5.60 Å². The van der Waals surface area contributed by atoms with E-state index in [1.165, 1.54) is 12.1 Å². The Balaban J connectivity index is 1.83. The fraction of sp³-hybridized carbons (Fsp3) is 0.650. The zero-order chi connectivity index (χ0) is 19.9. The van der Waals surface area contributed by atoms with E-state index in [0.29, 0.717) is 17.9 Å². The van der Waals surface area contributed by atoms with E-state index in [9.17, 15) is 18.7 Å². The molecule has 2 aliphatic rings. The van der Waals surface area contributed by atoms with Crippen molar-refractivity contribution in [3.05, 3.63) is 34.9 Å². The van der Waals surface area contributed by atoms with E-state index in [1.54, 1.807) is 12.1 Å². The summed E-state index contributed by atoms with van der Waals surface area (Å²) in [6.45, 7) is 1.72. The number of hydrogen-bond donors (Lipinski definition) is 1. The Labute approximate surface area is 163 Å². The van der Waals surface area contributed by atoms with Crippen LogP contribution in [0.4, 0.5) is 8.78 Å². The van der Waals surface area contributed by atoms with Gasteiger partial charge in [-0.15, -0.1) is 0 Å². The monoisotopic (exact) mass is 402 g/mol. The van der Waals surface area contributed by atoms with Crippen LogP contribution in [0.2, 0.25) is 5.02 Å². The molecule has 0 spiro atoms. The van der Waals surface area contributed by atoms with Gasteiger partial charge in [-0.3, -0.25) is 0 Å². The van der Waals surface area contributed by atoms with E-state index >= 15 is 0 Å². The Bertz CT molecular complexity index is 685. The van der Waals surface area contributed by atoms with E-state index in [4.69, 9.17) is 16.3 Å². The highest BCUT2D eigenvalue weighted by Crippen LogP contribution is 2.48. The number of likely N-dealkylation sites (tertiary alicyclic amines) is 1. The van der Waals surface area contributed by atoms with Gasteiger partial charge in [-0.05, 0) is 24.1 Å². The summed E-state index contributed by atoms with van der Waals surface area (Å²) in [5, 5.41) is 11.8. The van der Waals surface area contributed by atoms with E-state index in [2.05, 4.69) is 14.1 Å². The molecule has 1 N–H and O–H groups in total. The van der Waals surface area contributed by atoms with Crippen molar-refractivity contribution in [1.82, 2.24) is 0 Å². The Hall–Kier alpha value is -1.24. The number of rotatable bonds is 4. The maximum atomic E-state index is 13.8. The third-order valence-electron chi connectivity index (χ3n) is 5.98. The first kappa shape index (κ1) is 20.5. The first-order chi connectivity index (χ1) is 12.5. The van der Waals surface area contributed by atoms with Gasteiger partial charge in [0.1, 0.15) is 6.10 Å².